The van der Waals surface area contributed by atoms with Crippen LogP contribution in [0.5, 0.6) is 0 Å². The Morgan fingerprint density at radius 3 is 2.47 bits per heavy atom. The molecule has 0 aromatic rings. The molecule has 2 atom stereocenters. The van der Waals surface area contributed by atoms with Gasteiger partial charge in [-0.05, 0) is 25.4 Å². The minimum atomic E-state index is -0.930. The first-order valence-electron chi connectivity index (χ1n) is 5.55. The van der Waals surface area contributed by atoms with Crippen LogP contribution in [-0.2, 0) is 0 Å². The molecule has 2 nitrogen and oxygen atoms in total. The SMILES string of the molecule is C=C1NC(=C)C(CCP(=C)(C)CCC)N1. The van der Waals surface area contributed by atoms with Crippen molar-refractivity contribution in [2.75, 3.05) is 19.0 Å². The Balaban J connectivity index is 2.40. The zero-order valence-corrected chi connectivity index (χ0v) is 10.9. The first-order valence-corrected chi connectivity index (χ1v) is 8.34. The summed E-state index contributed by atoms with van der Waals surface area (Å²) in [7, 11) is 0. The summed E-state index contributed by atoms with van der Waals surface area (Å²) in [6, 6.07) is 0.357. The van der Waals surface area contributed by atoms with Crippen molar-refractivity contribution >= 4 is 13.2 Å². The van der Waals surface area contributed by atoms with E-state index in [1.165, 1.54) is 18.7 Å². The van der Waals surface area contributed by atoms with Gasteiger partial charge in [0.15, 0.2) is 0 Å². The molecular formula is C12H23N2P. The Hall–Kier alpha value is -0.620. The van der Waals surface area contributed by atoms with Crippen molar-refractivity contribution in [3.05, 3.63) is 24.7 Å². The summed E-state index contributed by atoms with van der Waals surface area (Å²) in [5.41, 5.74) is 1.05. The Bertz CT molecular complexity index is 307. The Morgan fingerprint density at radius 1 is 1.33 bits per heavy atom. The van der Waals surface area contributed by atoms with Crippen LogP contribution in [0.4, 0.5) is 0 Å². The minimum absolute atomic E-state index is 0.357. The molecule has 1 rings (SSSR count). The second-order valence-electron chi connectivity index (χ2n) is 4.68. The van der Waals surface area contributed by atoms with E-state index in [2.05, 4.69) is 43.7 Å². The van der Waals surface area contributed by atoms with Gasteiger partial charge in [-0.15, -0.1) is 13.2 Å². The van der Waals surface area contributed by atoms with E-state index in [0.717, 1.165) is 17.9 Å². The highest BCUT2D eigenvalue weighted by Gasteiger charge is 2.21. The van der Waals surface area contributed by atoms with Gasteiger partial charge in [0.1, 0.15) is 0 Å². The molecule has 0 amide bonds. The molecule has 1 aliphatic heterocycles. The summed E-state index contributed by atoms with van der Waals surface area (Å²) in [4.78, 5) is 0. The molecule has 1 saturated heterocycles. The second kappa shape index (κ2) is 4.94. The van der Waals surface area contributed by atoms with Crippen LogP contribution in [0.1, 0.15) is 19.8 Å². The van der Waals surface area contributed by atoms with E-state index >= 15 is 0 Å². The van der Waals surface area contributed by atoms with E-state index in [0.29, 0.717) is 6.04 Å². The second-order valence-corrected chi connectivity index (χ2v) is 8.81. The maximum Gasteiger partial charge on any atom is 0.0960 e. The van der Waals surface area contributed by atoms with Gasteiger partial charge in [0.05, 0.1) is 11.9 Å². The zero-order chi connectivity index (χ0) is 11.5. The van der Waals surface area contributed by atoms with Crippen molar-refractivity contribution in [3.8, 4) is 0 Å². The molecule has 0 aliphatic carbocycles. The van der Waals surface area contributed by atoms with Crippen LogP contribution in [-0.4, -0.2) is 31.3 Å². The van der Waals surface area contributed by atoms with Crippen molar-refractivity contribution < 1.29 is 0 Å². The third kappa shape index (κ3) is 3.79. The largest absolute Gasteiger partial charge is 0.364 e. The van der Waals surface area contributed by atoms with Crippen LogP contribution < -0.4 is 10.6 Å². The highest BCUT2D eigenvalue weighted by molar-refractivity contribution is 7.73. The van der Waals surface area contributed by atoms with E-state index in [1.807, 2.05) is 0 Å². The predicted molar refractivity (Wildman–Crippen MR) is 72.9 cm³/mol. The van der Waals surface area contributed by atoms with Gasteiger partial charge in [-0.25, -0.2) is 0 Å². The van der Waals surface area contributed by atoms with Gasteiger partial charge in [-0.2, -0.15) is 0 Å². The van der Waals surface area contributed by atoms with E-state index in [1.54, 1.807) is 0 Å². The van der Waals surface area contributed by atoms with Gasteiger partial charge in [0, 0.05) is 5.70 Å². The molecule has 0 radical (unpaired) electrons. The normalized spacial score (nSPS) is 24.5. The molecule has 86 valence electrons. The van der Waals surface area contributed by atoms with E-state index in [9.17, 15) is 0 Å². The highest BCUT2D eigenvalue weighted by atomic mass is 31.2. The van der Waals surface area contributed by atoms with Crippen molar-refractivity contribution in [1.82, 2.24) is 10.6 Å². The first-order chi connectivity index (χ1) is 6.94. The molecule has 0 aromatic carbocycles. The lowest BCUT2D eigenvalue weighted by molar-refractivity contribution is 0.681. The van der Waals surface area contributed by atoms with Crippen LogP contribution in [0.15, 0.2) is 24.7 Å². The molecule has 1 fully saturated rings. The van der Waals surface area contributed by atoms with Crippen LogP contribution in [0.25, 0.3) is 0 Å². The molecule has 0 bridgehead atoms. The Kier molecular flexibility index (Phi) is 4.10. The van der Waals surface area contributed by atoms with Gasteiger partial charge in [0.25, 0.3) is 0 Å². The first kappa shape index (κ1) is 12.4. The quantitative estimate of drug-likeness (QED) is 0.703. The average Bonchev–Trinajstić information content (AvgIpc) is 2.42. The van der Waals surface area contributed by atoms with Gasteiger partial charge in [0.2, 0.25) is 0 Å². The molecule has 0 saturated carbocycles. The van der Waals surface area contributed by atoms with Crippen LogP contribution in [0.2, 0.25) is 0 Å². The van der Waals surface area contributed by atoms with E-state index < -0.39 is 6.89 Å². The fraction of sp³-hybridized carbons (Fsp3) is 0.583. The Morgan fingerprint density at radius 2 is 2.00 bits per heavy atom. The number of hydrogen-bond donors (Lipinski definition) is 2. The molecule has 1 heterocycles. The van der Waals surface area contributed by atoms with Gasteiger partial charge >= 0.3 is 0 Å². The molecule has 3 heteroatoms. The summed E-state index contributed by atoms with van der Waals surface area (Å²) >= 11 is 0. The maximum atomic E-state index is 4.38. The lowest BCUT2D eigenvalue weighted by atomic mass is 10.2. The predicted octanol–water partition coefficient (Wildman–Crippen LogP) is 2.41. The molecule has 0 spiro atoms. The van der Waals surface area contributed by atoms with E-state index in [4.69, 9.17) is 0 Å². The fourth-order valence-corrected chi connectivity index (χ4v) is 4.14. The molecule has 15 heavy (non-hydrogen) atoms. The topological polar surface area (TPSA) is 24.1 Å². The van der Waals surface area contributed by atoms with Crippen molar-refractivity contribution in [1.29, 1.82) is 0 Å². The standard InChI is InChI=1S/C12H23N2P/c1-6-8-15(4,5)9-7-12-10(2)13-11(3)14-12/h12-14H,2-4,6-9H2,1,5H3. The Labute approximate surface area is 93.8 Å². The molecule has 0 aromatic heterocycles. The average molecular weight is 226 g/mol. The van der Waals surface area contributed by atoms with Crippen LogP contribution >= 0.6 is 6.89 Å². The summed E-state index contributed by atoms with van der Waals surface area (Å²) in [6.07, 6.45) is 9.27. The highest BCUT2D eigenvalue weighted by Crippen LogP contribution is 2.42. The fourth-order valence-electron chi connectivity index (χ4n) is 1.95. The number of hydrogen-bond acceptors (Lipinski definition) is 2. The van der Waals surface area contributed by atoms with Crippen molar-refractivity contribution in [2.24, 2.45) is 0 Å². The van der Waals surface area contributed by atoms with Gasteiger partial charge in [-0.3, -0.25) is 0 Å². The molecular weight excluding hydrogens is 203 g/mol. The van der Waals surface area contributed by atoms with Gasteiger partial charge in [-0.1, -0.05) is 26.5 Å². The van der Waals surface area contributed by atoms with E-state index in [-0.39, 0.29) is 0 Å². The van der Waals surface area contributed by atoms with Crippen molar-refractivity contribution in [2.45, 2.75) is 25.8 Å². The minimum Gasteiger partial charge on any atom is -0.364 e. The van der Waals surface area contributed by atoms with Crippen LogP contribution in [0, 0.1) is 0 Å². The summed E-state index contributed by atoms with van der Waals surface area (Å²) in [6.45, 7) is 11.5. The lowest BCUT2D eigenvalue weighted by Crippen LogP contribution is -2.22. The smallest absolute Gasteiger partial charge is 0.0960 e. The monoisotopic (exact) mass is 226 g/mol. The third-order valence-electron chi connectivity index (χ3n) is 2.80. The summed E-state index contributed by atoms with van der Waals surface area (Å²) in [5.74, 6) is 0.879. The summed E-state index contributed by atoms with van der Waals surface area (Å²) < 4.78 is 0. The van der Waals surface area contributed by atoms with Gasteiger partial charge < -0.3 is 10.6 Å². The molecule has 2 unspecified atom stereocenters. The van der Waals surface area contributed by atoms with Crippen molar-refractivity contribution in [3.63, 3.8) is 0 Å². The number of rotatable bonds is 5. The molecule has 1 aliphatic rings. The van der Waals surface area contributed by atoms with Crippen LogP contribution in [0.3, 0.4) is 0 Å². The summed E-state index contributed by atoms with van der Waals surface area (Å²) in [5, 5.41) is 6.43. The molecule has 2 N–H and O–H groups in total. The number of nitrogens with one attached hydrogen (secondary N) is 2. The zero-order valence-electron chi connectivity index (χ0n) is 9.97. The maximum absolute atomic E-state index is 4.38. The third-order valence-corrected chi connectivity index (χ3v) is 5.67. The lowest BCUT2D eigenvalue weighted by Gasteiger charge is -2.20.